The van der Waals surface area contributed by atoms with Crippen molar-refractivity contribution in [3.8, 4) is 5.88 Å². The van der Waals surface area contributed by atoms with Gasteiger partial charge in [-0.15, -0.1) is 5.10 Å². The highest BCUT2D eigenvalue weighted by molar-refractivity contribution is 6.42. The summed E-state index contributed by atoms with van der Waals surface area (Å²) in [6.45, 7) is 1.78. The molecule has 1 saturated carbocycles. The number of carbonyl (C=O) groups is 1. The second kappa shape index (κ2) is 5.78. The van der Waals surface area contributed by atoms with Crippen molar-refractivity contribution in [2.75, 3.05) is 6.61 Å². The van der Waals surface area contributed by atoms with Crippen molar-refractivity contribution < 1.29 is 14.3 Å². The van der Waals surface area contributed by atoms with Crippen LogP contribution in [-0.4, -0.2) is 22.5 Å². The van der Waals surface area contributed by atoms with Crippen molar-refractivity contribution in [1.82, 2.24) is 9.78 Å². The van der Waals surface area contributed by atoms with Gasteiger partial charge < -0.3 is 9.47 Å². The van der Waals surface area contributed by atoms with Crippen LogP contribution >= 0.6 is 23.2 Å². The predicted octanol–water partition coefficient (Wildman–Crippen LogP) is 3.57. The first-order valence-electron chi connectivity index (χ1n) is 6.77. The highest BCUT2D eigenvalue weighted by atomic mass is 35.5. The van der Waals surface area contributed by atoms with Crippen molar-refractivity contribution in [3.63, 3.8) is 0 Å². The van der Waals surface area contributed by atoms with E-state index in [1.165, 1.54) is 6.07 Å². The molecule has 0 bridgehead atoms. The topological polar surface area (TPSA) is 70.4 Å². The van der Waals surface area contributed by atoms with Crippen LogP contribution in [0.25, 0.3) is 10.9 Å². The second-order valence-corrected chi connectivity index (χ2v) is 5.69. The second-order valence-electron chi connectivity index (χ2n) is 4.88. The van der Waals surface area contributed by atoms with Gasteiger partial charge in [-0.2, -0.15) is 0 Å². The maximum absolute atomic E-state index is 12.4. The molecule has 0 spiro atoms. The molecule has 0 N–H and O–H groups in total. The molecule has 2 aromatic rings. The molecular formula is C14H12Cl2N2O4. The van der Waals surface area contributed by atoms with Gasteiger partial charge in [-0.25, -0.2) is 4.79 Å². The first kappa shape index (κ1) is 15.1. The van der Waals surface area contributed by atoms with E-state index < -0.39 is 11.6 Å². The summed E-state index contributed by atoms with van der Waals surface area (Å²) in [4.78, 5) is 23.9. The van der Waals surface area contributed by atoms with Gasteiger partial charge in [0, 0.05) is 0 Å². The van der Waals surface area contributed by atoms with Crippen LogP contribution in [0.5, 0.6) is 5.88 Å². The number of carbonyl (C=O) groups excluding carboxylic acids is 1. The fourth-order valence-corrected chi connectivity index (χ4v) is 2.43. The van der Waals surface area contributed by atoms with Crippen LogP contribution in [0, 0.1) is 0 Å². The molecule has 1 fully saturated rings. The number of rotatable bonds is 3. The minimum Gasteiger partial charge on any atom is -0.434 e. The van der Waals surface area contributed by atoms with Crippen LogP contribution in [0.2, 0.25) is 10.0 Å². The van der Waals surface area contributed by atoms with Gasteiger partial charge in [0.25, 0.3) is 11.3 Å². The lowest BCUT2D eigenvalue weighted by atomic mass is 10.2. The molecule has 3 rings (SSSR count). The molecule has 22 heavy (non-hydrogen) atoms. The smallest absolute Gasteiger partial charge is 0.434 e. The molecule has 1 aliphatic rings. The predicted molar refractivity (Wildman–Crippen MR) is 81.9 cm³/mol. The summed E-state index contributed by atoms with van der Waals surface area (Å²) >= 11 is 12.0. The lowest BCUT2D eigenvalue weighted by Crippen LogP contribution is -2.21. The largest absolute Gasteiger partial charge is 0.515 e. The summed E-state index contributed by atoms with van der Waals surface area (Å²) < 4.78 is 11.2. The molecule has 1 aliphatic carbocycles. The molecule has 0 radical (unpaired) electrons. The fourth-order valence-electron chi connectivity index (χ4n) is 2.11. The van der Waals surface area contributed by atoms with E-state index in [9.17, 15) is 9.59 Å². The standard InChI is InChI=1S/C14H12Cl2N2O4/c1-2-21-14(20)22-13-12(19)8-5-9(15)10(16)6-11(8)18(17-13)7-3-4-7/h5-7H,2-4H2,1H3. The van der Waals surface area contributed by atoms with E-state index in [-0.39, 0.29) is 23.6 Å². The fraction of sp³-hybridized carbons (Fsp3) is 0.357. The Kier molecular flexibility index (Phi) is 3.97. The number of aromatic nitrogens is 2. The minimum atomic E-state index is -0.964. The van der Waals surface area contributed by atoms with Gasteiger partial charge in [-0.1, -0.05) is 23.2 Å². The number of benzene rings is 1. The van der Waals surface area contributed by atoms with Gasteiger partial charge in [-0.05, 0) is 31.9 Å². The molecule has 116 valence electrons. The zero-order valence-corrected chi connectivity index (χ0v) is 13.1. The molecule has 0 amide bonds. The normalized spacial score (nSPS) is 14.1. The maximum atomic E-state index is 12.4. The quantitative estimate of drug-likeness (QED) is 0.797. The molecular weight excluding hydrogens is 331 g/mol. The van der Waals surface area contributed by atoms with Gasteiger partial charge >= 0.3 is 6.16 Å². The zero-order valence-electron chi connectivity index (χ0n) is 11.6. The SMILES string of the molecule is CCOC(=O)Oc1nn(C2CC2)c2cc(Cl)c(Cl)cc2c1=O. The average molecular weight is 343 g/mol. The molecule has 0 atom stereocenters. The maximum Gasteiger partial charge on any atom is 0.515 e. The van der Waals surface area contributed by atoms with Crippen LogP contribution in [0.1, 0.15) is 25.8 Å². The Hall–Kier alpha value is -1.79. The Morgan fingerprint density at radius 2 is 2.05 bits per heavy atom. The average Bonchev–Trinajstić information content (AvgIpc) is 3.29. The van der Waals surface area contributed by atoms with Crippen LogP contribution < -0.4 is 10.2 Å². The minimum absolute atomic E-state index is 0.144. The Bertz CT molecular complexity index is 815. The third-order valence-electron chi connectivity index (χ3n) is 3.26. The van der Waals surface area contributed by atoms with Crippen molar-refractivity contribution in [1.29, 1.82) is 0 Å². The molecule has 6 nitrogen and oxygen atoms in total. The molecule has 0 saturated heterocycles. The van der Waals surface area contributed by atoms with E-state index in [1.54, 1.807) is 17.7 Å². The third-order valence-corrected chi connectivity index (χ3v) is 3.98. The number of halogens is 2. The lowest BCUT2D eigenvalue weighted by Gasteiger charge is -2.11. The van der Waals surface area contributed by atoms with Crippen molar-refractivity contribution in [2.24, 2.45) is 0 Å². The van der Waals surface area contributed by atoms with E-state index in [0.29, 0.717) is 15.9 Å². The number of ether oxygens (including phenoxy) is 2. The highest BCUT2D eigenvalue weighted by Gasteiger charge is 2.28. The van der Waals surface area contributed by atoms with Crippen molar-refractivity contribution in [3.05, 3.63) is 32.4 Å². The van der Waals surface area contributed by atoms with Crippen LogP contribution in [0.4, 0.5) is 4.79 Å². The van der Waals surface area contributed by atoms with Crippen LogP contribution in [-0.2, 0) is 4.74 Å². The number of hydrogen-bond donors (Lipinski definition) is 0. The summed E-state index contributed by atoms with van der Waals surface area (Å²) in [5.74, 6) is -0.323. The first-order valence-corrected chi connectivity index (χ1v) is 7.53. The zero-order chi connectivity index (χ0) is 15.9. The molecule has 0 aliphatic heterocycles. The summed E-state index contributed by atoms with van der Waals surface area (Å²) in [5.41, 5.74) is 0.0385. The summed E-state index contributed by atoms with van der Waals surface area (Å²) in [6.07, 6.45) is 0.905. The number of nitrogens with zero attached hydrogens (tertiary/aromatic N) is 2. The molecule has 0 unspecified atom stereocenters. The summed E-state index contributed by atoms with van der Waals surface area (Å²) in [7, 11) is 0. The van der Waals surface area contributed by atoms with E-state index in [0.717, 1.165) is 12.8 Å². The summed E-state index contributed by atoms with van der Waals surface area (Å²) in [5, 5.41) is 5.02. The number of hydrogen-bond acceptors (Lipinski definition) is 5. The molecule has 1 aromatic heterocycles. The Morgan fingerprint density at radius 1 is 1.36 bits per heavy atom. The van der Waals surface area contributed by atoms with E-state index in [4.69, 9.17) is 27.9 Å². The van der Waals surface area contributed by atoms with E-state index in [1.807, 2.05) is 0 Å². The monoisotopic (exact) mass is 342 g/mol. The van der Waals surface area contributed by atoms with Crippen LogP contribution in [0.15, 0.2) is 16.9 Å². The molecule has 1 aromatic carbocycles. The highest BCUT2D eigenvalue weighted by Crippen LogP contribution is 2.37. The van der Waals surface area contributed by atoms with Crippen LogP contribution in [0.3, 0.4) is 0 Å². The lowest BCUT2D eigenvalue weighted by molar-refractivity contribution is 0.101. The molecule has 8 heteroatoms. The first-order chi connectivity index (χ1) is 10.5. The Labute approximate surface area is 135 Å². The third kappa shape index (κ3) is 2.76. The van der Waals surface area contributed by atoms with E-state index in [2.05, 4.69) is 9.84 Å². The van der Waals surface area contributed by atoms with E-state index >= 15 is 0 Å². The van der Waals surface area contributed by atoms with Gasteiger partial charge in [0.15, 0.2) is 0 Å². The van der Waals surface area contributed by atoms with Crippen molar-refractivity contribution >= 4 is 40.3 Å². The summed E-state index contributed by atoms with van der Waals surface area (Å²) in [6, 6.07) is 3.21. The van der Waals surface area contributed by atoms with Gasteiger partial charge in [0.05, 0.1) is 33.6 Å². The number of fused-ring (bicyclic) bond motifs is 1. The van der Waals surface area contributed by atoms with Gasteiger partial charge in [0.1, 0.15) is 0 Å². The van der Waals surface area contributed by atoms with Gasteiger partial charge in [0.2, 0.25) is 0 Å². The Morgan fingerprint density at radius 3 is 2.68 bits per heavy atom. The molecule has 1 heterocycles. The Balaban J connectivity index is 2.18. The van der Waals surface area contributed by atoms with Crippen molar-refractivity contribution in [2.45, 2.75) is 25.8 Å². The van der Waals surface area contributed by atoms with Gasteiger partial charge in [-0.3, -0.25) is 9.48 Å².